The maximum atomic E-state index is 10.2. The zero-order valence-corrected chi connectivity index (χ0v) is 9.19. The molecule has 1 aliphatic rings. The standard InChI is InChI=1S/C13H16N2O/c14-9-10-4-3-5-11(8-10)13(16)12-6-1-2-7-15-12/h3-5,8,12-13,15-16H,1-2,6-7H2. The van der Waals surface area contributed by atoms with Gasteiger partial charge < -0.3 is 10.4 Å². The molecule has 0 aromatic heterocycles. The number of aliphatic hydroxyl groups is 1. The average molecular weight is 216 g/mol. The highest BCUT2D eigenvalue weighted by Gasteiger charge is 2.22. The molecule has 2 N–H and O–H groups in total. The summed E-state index contributed by atoms with van der Waals surface area (Å²) in [5, 5.41) is 22.3. The molecule has 2 rings (SSSR count). The molecule has 0 radical (unpaired) electrons. The first kappa shape index (κ1) is 11.1. The molecule has 0 bridgehead atoms. The summed E-state index contributed by atoms with van der Waals surface area (Å²) in [5.74, 6) is 0. The molecule has 84 valence electrons. The first-order valence-corrected chi connectivity index (χ1v) is 5.73. The zero-order chi connectivity index (χ0) is 11.4. The number of nitrogens with zero attached hydrogens (tertiary/aromatic N) is 1. The van der Waals surface area contributed by atoms with E-state index in [4.69, 9.17) is 5.26 Å². The second kappa shape index (κ2) is 5.11. The van der Waals surface area contributed by atoms with Gasteiger partial charge in [-0.3, -0.25) is 0 Å². The number of nitriles is 1. The predicted molar refractivity (Wildman–Crippen MR) is 61.8 cm³/mol. The Balaban J connectivity index is 2.13. The summed E-state index contributed by atoms with van der Waals surface area (Å²) in [7, 11) is 0. The Hall–Kier alpha value is -1.37. The van der Waals surface area contributed by atoms with Gasteiger partial charge in [0.15, 0.2) is 0 Å². The number of rotatable bonds is 2. The van der Waals surface area contributed by atoms with E-state index in [0.717, 1.165) is 24.9 Å². The predicted octanol–water partition coefficient (Wildman–Crippen LogP) is 1.73. The fraction of sp³-hybridized carbons (Fsp3) is 0.462. The van der Waals surface area contributed by atoms with E-state index in [1.54, 1.807) is 12.1 Å². The minimum Gasteiger partial charge on any atom is -0.387 e. The molecule has 0 spiro atoms. The molecular weight excluding hydrogens is 200 g/mol. The lowest BCUT2D eigenvalue weighted by atomic mass is 9.94. The van der Waals surface area contributed by atoms with Gasteiger partial charge in [-0.1, -0.05) is 18.6 Å². The van der Waals surface area contributed by atoms with Crippen molar-refractivity contribution in [2.24, 2.45) is 0 Å². The van der Waals surface area contributed by atoms with Gasteiger partial charge in [-0.2, -0.15) is 5.26 Å². The van der Waals surface area contributed by atoms with Gasteiger partial charge in [0.25, 0.3) is 0 Å². The molecule has 0 aliphatic carbocycles. The van der Waals surface area contributed by atoms with Crippen LogP contribution in [0.15, 0.2) is 24.3 Å². The van der Waals surface area contributed by atoms with Crippen LogP contribution in [0.3, 0.4) is 0 Å². The van der Waals surface area contributed by atoms with Crippen molar-refractivity contribution in [1.82, 2.24) is 5.32 Å². The van der Waals surface area contributed by atoms with Gasteiger partial charge in [0, 0.05) is 6.04 Å². The quantitative estimate of drug-likeness (QED) is 0.791. The smallest absolute Gasteiger partial charge is 0.0991 e. The van der Waals surface area contributed by atoms with Gasteiger partial charge >= 0.3 is 0 Å². The fourth-order valence-electron chi connectivity index (χ4n) is 2.17. The van der Waals surface area contributed by atoms with Gasteiger partial charge in [0.2, 0.25) is 0 Å². The summed E-state index contributed by atoms with van der Waals surface area (Å²) in [4.78, 5) is 0. The Morgan fingerprint density at radius 2 is 2.31 bits per heavy atom. The lowest BCUT2D eigenvalue weighted by Gasteiger charge is -2.28. The van der Waals surface area contributed by atoms with Crippen molar-refractivity contribution < 1.29 is 5.11 Å². The van der Waals surface area contributed by atoms with E-state index in [2.05, 4.69) is 11.4 Å². The van der Waals surface area contributed by atoms with Crippen LogP contribution in [-0.4, -0.2) is 17.7 Å². The third-order valence-electron chi connectivity index (χ3n) is 3.09. The maximum Gasteiger partial charge on any atom is 0.0991 e. The van der Waals surface area contributed by atoms with E-state index >= 15 is 0 Å². The fourth-order valence-corrected chi connectivity index (χ4v) is 2.17. The van der Waals surface area contributed by atoms with Crippen LogP contribution in [-0.2, 0) is 0 Å². The Kier molecular flexibility index (Phi) is 3.55. The van der Waals surface area contributed by atoms with Crippen molar-refractivity contribution >= 4 is 0 Å². The summed E-state index contributed by atoms with van der Waals surface area (Å²) in [5.41, 5.74) is 1.44. The third-order valence-corrected chi connectivity index (χ3v) is 3.09. The van der Waals surface area contributed by atoms with Crippen LogP contribution >= 0.6 is 0 Å². The topological polar surface area (TPSA) is 56.0 Å². The number of benzene rings is 1. The van der Waals surface area contributed by atoms with E-state index in [0.29, 0.717) is 5.56 Å². The Morgan fingerprint density at radius 3 is 3.00 bits per heavy atom. The Morgan fingerprint density at radius 1 is 1.44 bits per heavy atom. The number of hydrogen-bond donors (Lipinski definition) is 2. The monoisotopic (exact) mass is 216 g/mol. The summed E-state index contributed by atoms with van der Waals surface area (Å²) in [6.07, 6.45) is 2.83. The molecule has 1 heterocycles. The van der Waals surface area contributed by atoms with E-state index in [9.17, 15) is 5.11 Å². The second-order valence-electron chi connectivity index (χ2n) is 4.24. The van der Waals surface area contributed by atoms with Crippen molar-refractivity contribution in [3.63, 3.8) is 0 Å². The Bertz CT molecular complexity index is 391. The number of piperidine rings is 1. The van der Waals surface area contributed by atoms with Gasteiger partial charge in [-0.25, -0.2) is 0 Å². The van der Waals surface area contributed by atoms with Gasteiger partial charge in [0.05, 0.1) is 17.7 Å². The highest BCUT2D eigenvalue weighted by molar-refractivity contribution is 5.34. The van der Waals surface area contributed by atoms with Crippen LogP contribution in [0.5, 0.6) is 0 Å². The summed E-state index contributed by atoms with van der Waals surface area (Å²) in [6.45, 7) is 0.972. The molecule has 1 fully saturated rings. The average Bonchev–Trinajstić information content (AvgIpc) is 2.39. The lowest BCUT2D eigenvalue weighted by molar-refractivity contribution is 0.114. The third kappa shape index (κ3) is 2.41. The van der Waals surface area contributed by atoms with E-state index < -0.39 is 6.10 Å². The minimum atomic E-state index is -0.506. The highest BCUT2D eigenvalue weighted by atomic mass is 16.3. The van der Waals surface area contributed by atoms with Gasteiger partial charge in [-0.15, -0.1) is 0 Å². The van der Waals surface area contributed by atoms with Gasteiger partial charge in [-0.05, 0) is 37.1 Å². The number of hydrogen-bond acceptors (Lipinski definition) is 3. The minimum absolute atomic E-state index is 0.127. The molecule has 1 aromatic carbocycles. The molecule has 2 unspecified atom stereocenters. The number of nitrogens with one attached hydrogen (secondary N) is 1. The maximum absolute atomic E-state index is 10.2. The van der Waals surface area contributed by atoms with Crippen LogP contribution < -0.4 is 5.32 Å². The summed E-state index contributed by atoms with van der Waals surface area (Å²) < 4.78 is 0. The van der Waals surface area contributed by atoms with Crippen molar-refractivity contribution in [1.29, 1.82) is 5.26 Å². The molecular formula is C13H16N2O. The van der Waals surface area contributed by atoms with Crippen molar-refractivity contribution in [2.45, 2.75) is 31.4 Å². The number of aliphatic hydroxyl groups excluding tert-OH is 1. The highest BCUT2D eigenvalue weighted by Crippen LogP contribution is 2.23. The van der Waals surface area contributed by atoms with Crippen molar-refractivity contribution in [3.05, 3.63) is 35.4 Å². The molecule has 1 saturated heterocycles. The van der Waals surface area contributed by atoms with Crippen LogP contribution in [0.4, 0.5) is 0 Å². The molecule has 3 nitrogen and oxygen atoms in total. The second-order valence-corrected chi connectivity index (χ2v) is 4.24. The van der Waals surface area contributed by atoms with Crippen molar-refractivity contribution in [3.8, 4) is 6.07 Å². The normalized spacial score (nSPS) is 22.4. The van der Waals surface area contributed by atoms with E-state index in [1.807, 2.05) is 12.1 Å². The molecule has 0 saturated carbocycles. The van der Waals surface area contributed by atoms with Crippen molar-refractivity contribution in [2.75, 3.05) is 6.54 Å². The Labute approximate surface area is 95.7 Å². The SMILES string of the molecule is N#Cc1cccc(C(O)C2CCCCN2)c1. The van der Waals surface area contributed by atoms with E-state index in [-0.39, 0.29) is 6.04 Å². The van der Waals surface area contributed by atoms with Crippen LogP contribution in [0.25, 0.3) is 0 Å². The molecule has 16 heavy (non-hydrogen) atoms. The summed E-state index contributed by atoms with van der Waals surface area (Å²) >= 11 is 0. The molecule has 1 aromatic rings. The molecule has 0 amide bonds. The van der Waals surface area contributed by atoms with Crippen LogP contribution in [0, 0.1) is 11.3 Å². The van der Waals surface area contributed by atoms with E-state index in [1.165, 1.54) is 6.42 Å². The van der Waals surface area contributed by atoms with Crippen LogP contribution in [0.2, 0.25) is 0 Å². The molecule has 2 atom stereocenters. The van der Waals surface area contributed by atoms with Gasteiger partial charge in [0.1, 0.15) is 0 Å². The first-order chi connectivity index (χ1) is 7.81. The zero-order valence-electron chi connectivity index (χ0n) is 9.19. The largest absolute Gasteiger partial charge is 0.387 e. The molecule has 3 heteroatoms. The van der Waals surface area contributed by atoms with Crippen LogP contribution in [0.1, 0.15) is 36.5 Å². The lowest BCUT2D eigenvalue weighted by Crippen LogP contribution is -2.38. The molecule has 1 aliphatic heterocycles. The first-order valence-electron chi connectivity index (χ1n) is 5.73. The summed E-state index contributed by atoms with van der Waals surface area (Å²) in [6, 6.07) is 9.44.